The van der Waals surface area contributed by atoms with E-state index in [0.717, 1.165) is 4.48 Å². The topological polar surface area (TPSA) is 4.93 Å². The van der Waals surface area contributed by atoms with Gasteiger partial charge in [0.2, 0.25) is 0 Å². The Bertz CT molecular complexity index is 1540. The number of benzene rings is 4. The average molecular weight is 447 g/mol. The third-order valence-corrected chi connectivity index (χ3v) is 6.46. The summed E-state index contributed by atoms with van der Waals surface area (Å²) >= 11 is 3.69. The molecule has 0 unspecified atom stereocenters. The van der Waals surface area contributed by atoms with Gasteiger partial charge in [-0.25, -0.2) is 0 Å². The lowest BCUT2D eigenvalue weighted by molar-refractivity contribution is 1.20. The minimum atomic E-state index is 1.05. The van der Waals surface area contributed by atoms with Crippen molar-refractivity contribution in [2.75, 3.05) is 0 Å². The van der Waals surface area contributed by atoms with Crippen LogP contribution in [0.4, 0.5) is 0 Å². The van der Waals surface area contributed by atoms with Crippen LogP contribution in [-0.4, -0.2) is 4.57 Å². The fourth-order valence-corrected chi connectivity index (χ4v) is 4.94. The number of para-hydroxylation sites is 1. The Kier molecular flexibility index (Phi) is 3.95. The minimum absolute atomic E-state index is 1.05. The van der Waals surface area contributed by atoms with E-state index < -0.39 is 0 Å². The molecular weight excluding hydrogens is 430 g/mol. The maximum atomic E-state index is 3.69. The van der Waals surface area contributed by atoms with E-state index in [1.807, 2.05) is 12.2 Å². The number of hydrogen-bond acceptors (Lipinski definition) is 0. The molecule has 1 aliphatic rings. The van der Waals surface area contributed by atoms with Crippen LogP contribution in [0.1, 0.15) is 5.56 Å². The number of hydrogen-bond donors (Lipinski definition) is 0. The second kappa shape index (κ2) is 6.81. The molecule has 0 bridgehead atoms. The maximum Gasteiger partial charge on any atom is 0.137 e. The molecule has 0 saturated heterocycles. The third-order valence-electron chi connectivity index (χ3n) is 5.81. The van der Waals surface area contributed by atoms with Crippen LogP contribution in [-0.2, 0) is 0 Å². The molecular formula is C28H17BrN+. The highest BCUT2D eigenvalue weighted by Gasteiger charge is 2.18. The predicted octanol–water partition coefficient (Wildman–Crippen LogP) is 7.97. The fraction of sp³-hybridized carbons (Fsp3) is 0. The molecule has 0 atom stereocenters. The van der Waals surface area contributed by atoms with Crippen molar-refractivity contribution >= 4 is 54.1 Å². The van der Waals surface area contributed by atoms with Crippen LogP contribution in [0.3, 0.4) is 0 Å². The van der Waals surface area contributed by atoms with Crippen LogP contribution in [0, 0.1) is 6.08 Å². The molecule has 1 aromatic heterocycles. The molecule has 1 heterocycles. The summed E-state index contributed by atoms with van der Waals surface area (Å²) in [6.45, 7) is 0. The molecule has 0 saturated carbocycles. The first-order chi connectivity index (χ1) is 14.8. The summed E-state index contributed by atoms with van der Waals surface area (Å²) in [5, 5.41) is 5.04. The Labute approximate surface area is 183 Å². The van der Waals surface area contributed by atoms with Crippen molar-refractivity contribution in [3.05, 3.63) is 119 Å². The predicted molar refractivity (Wildman–Crippen MR) is 131 cm³/mol. The summed E-state index contributed by atoms with van der Waals surface area (Å²) in [7, 11) is 0. The maximum absolute atomic E-state index is 3.69. The first-order valence-electron chi connectivity index (χ1n) is 9.98. The summed E-state index contributed by atoms with van der Waals surface area (Å²) in [6.07, 6.45) is 9.18. The Hall–Kier alpha value is -3.45. The van der Waals surface area contributed by atoms with Crippen LogP contribution in [0.2, 0.25) is 0 Å². The Morgan fingerprint density at radius 3 is 2.37 bits per heavy atom. The molecule has 30 heavy (non-hydrogen) atoms. The van der Waals surface area contributed by atoms with E-state index >= 15 is 0 Å². The normalized spacial score (nSPS) is 13.5. The number of aromatic nitrogens is 1. The van der Waals surface area contributed by atoms with Crippen LogP contribution in [0.15, 0.2) is 108 Å². The van der Waals surface area contributed by atoms with Crippen molar-refractivity contribution in [3.8, 4) is 5.69 Å². The third kappa shape index (κ3) is 2.59. The molecule has 0 N–H and O–H groups in total. The quantitative estimate of drug-likeness (QED) is 0.242. The van der Waals surface area contributed by atoms with E-state index in [4.69, 9.17) is 0 Å². The highest BCUT2D eigenvalue weighted by molar-refractivity contribution is 9.12. The summed E-state index contributed by atoms with van der Waals surface area (Å²) in [5.41, 5.74) is 6.00. The van der Waals surface area contributed by atoms with Gasteiger partial charge in [0.05, 0.1) is 22.8 Å². The molecule has 0 amide bonds. The average Bonchev–Trinajstić information content (AvgIpc) is 3.12. The van der Waals surface area contributed by atoms with Crippen molar-refractivity contribution in [2.24, 2.45) is 0 Å². The summed E-state index contributed by atoms with van der Waals surface area (Å²) in [6, 6.07) is 30.6. The van der Waals surface area contributed by atoms with Gasteiger partial charge in [-0.3, -0.25) is 0 Å². The zero-order chi connectivity index (χ0) is 20.1. The standard InChI is InChI=1S/C28H17BrN/c29-25-13-5-3-10-21(25)20-16-17-24-23-12-4-6-14-27(23)30(28(24)18-20)26-15-7-9-19-8-1-2-11-22(19)26/h1-4,6-18H/q+1. The molecule has 0 fully saturated rings. The number of halogens is 1. The van der Waals surface area contributed by atoms with E-state index in [1.54, 1.807) is 0 Å². The van der Waals surface area contributed by atoms with Gasteiger partial charge in [0.1, 0.15) is 22.2 Å². The summed E-state index contributed by atoms with van der Waals surface area (Å²) < 4.78 is 3.46. The van der Waals surface area contributed by atoms with E-state index in [0.29, 0.717) is 0 Å². The summed E-state index contributed by atoms with van der Waals surface area (Å²) in [5.74, 6) is 0. The lowest BCUT2D eigenvalue weighted by Crippen LogP contribution is -1.96. The number of fused-ring (bicyclic) bond motifs is 4. The van der Waals surface area contributed by atoms with Gasteiger partial charge in [0, 0.05) is 43.7 Å². The van der Waals surface area contributed by atoms with Gasteiger partial charge in [-0.05, 0) is 23.6 Å². The molecule has 140 valence electrons. The second-order valence-corrected chi connectivity index (χ2v) is 8.34. The molecule has 0 spiro atoms. The van der Waals surface area contributed by atoms with Crippen LogP contribution >= 0.6 is 15.9 Å². The molecule has 0 aliphatic heterocycles. The lowest BCUT2D eigenvalue weighted by atomic mass is 10.0. The highest BCUT2D eigenvalue weighted by atomic mass is 79.9. The molecule has 2 heteroatoms. The van der Waals surface area contributed by atoms with Gasteiger partial charge in [-0.1, -0.05) is 66.7 Å². The van der Waals surface area contributed by atoms with Gasteiger partial charge < -0.3 is 4.57 Å². The van der Waals surface area contributed by atoms with Crippen molar-refractivity contribution in [1.82, 2.24) is 4.57 Å². The number of allylic oxidation sites excluding steroid dienone is 6. The summed E-state index contributed by atoms with van der Waals surface area (Å²) in [4.78, 5) is 0. The zero-order valence-corrected chi connectivity index (χ0v) is 17.7. The van der Waals surface area contributed by atoms with Gasteiger partial charge in [-0.15, -0.1) is 0 Å². The fourth-order valence-electron chi connectivity index (χ4n) is 4.45. The largest absolute Gasteiger partial charge is 0.309 e. The minimum Gasteiger partial charge on any atom is -0.309 e. The van der Waals surface area contributed by atoms with Gasteiger partial charge in [0.15, 0.2) is 0 Å². The van der Waals surface area contributed by atoms with E-state index in [-0.39, 0.29) is 0 Å². The highest BCUT2D eigenvalue weighted by Crippen LogP contribution is 2.37. The number of nitrogens with zero attached hydrogens (tertiary/aromatic N) is 1. The van der Waals surface area contributed by atoms with Crippen molar-refractivity contribution in [2.45, 2.75) is 0 Å². The van der Waals surface area contributed by atoms with Crippen LogP contribution in [0.5, 0.6) is 0 Å². The van der Waals surface area contributed by atoms with Gasteiger partial charge >= 0.3 is 0 Å². The monoisotopic (exact) mass is 446 g/mol. The molecule has 4 aromatic carbocycles. The SMILES string of the molecule is BrC1=C(c2ccc3c4ccccc4n(-c4cccc5ccccc45)c3c2)C=C[C+]=C1. The molecule has 6 rings (SSSR count). The van der Waals surface area contributed by atoms with Crippen molar-refractivity contribution in [1.29, 1.82) is 0 Å². The first kappa shape index (κ1) is 17.4. The van der Waals surface area contributed by atoms with Crippen molar-refractivity contribution < 1.29 is 0 Å². The van der Waals surface area contributed by atoms with Gasteiger partial charge in [0.25, 0.3) is 0 Å². The van der Waals surface area contributed by atoms with E-state index in [2.05, 4.69) is 118 Å². The molecule has 1 nitrogen and oxygen atoms in total. The van der Waals surface area contributed by atoms with Crippen LogP contribution in [0.25, 0.3) is 43.8 Å². The lowest BCUT2D eigenvalue weighted by Gasteiger charge is -2.12. The second-order valence-electron chi connectivity index (χ2n) is 7.49. The first-order valence-corrected chi connectivity index (χ1v) is 10.8. The van der Waals surface area contributed by atoms with Crippen molar-refractivity contribution in [3.63, 3.8) is 0 Å². The Morgan fingerprint density at radius 2 is 1.47 bits per heavy atom. The van der Waals surface area contributed by atoms with Crippen LogP contribution < -0.4 is 0 Å². The number of rotatable bonds is 2. The molecule has 1 aliphatic carbocycles. The van der Waals surface area contributed by atoms with E-state index in [1.165, 1.54) is 49.4 Å². The van der Waals surface area contributed by atoms with E-state index in [9.17, 15) is 0 Å². The van der Waals surface area contributed by atoms with Gasteiger partial charge in [-0.2, -0.15) is 0 Å². The molecule has 0 radical (unpaired) electrons. The Balaban J connectivity index is 1.74. The zero-order valence-electron chi connectivity index (χ0n) is 16.1. The molecule has 5 aromatic rings. The smallest absolute Gasteiger partial charge is 0.137 e. The Morgan fingerprint density at radius 1 is 0.700 bits per heavy atom.